The number of carbonyl (C=O) groups excluding carboxylic acids is 1. The van der Waals surface area contributed by atoms with Gasteiger partial charge < -0.3 is 15.0 Å². The largest absolute Gasteiger partial charge is 0.370 e. The van der Waals surface area contributed by atoms with Gasteiger partial charge in [-0.15, -0.1) is 0 Å². The van der Waals surface area contributed by atoms with E-state index in [9.17, 15) is 14.9 Å². The van der Waals surface area contributed by atoms with Crippen molar-refractivity contribution >= 4 is 17.7 Å². The Bertz CT molecular complexity index is 553. The number of morpholine rings is 1. The summed E-state index contributed by atoms with van der Waals surface area (Å²) in [5.74, 6) is -0.195. The van der Waals surface area contributed by atoms with Crippen molar-refractivity contribution in [3.05, 3.63) is 46.0 Å². The lowest BCUT2D eigenvalue weighted by Crippen LogP contribution is -3.14. The lowest BCUT2D eigenvalue weighted by molar-refractivity contribution is -0.906. The van der Waals surface area contributed by atoms with Gasteiger partial charge in [-0.05, 0) is 11.6 Å². The molecular weight excluding hydrogens is 286 g/mol. The normalized spacial score (nSPS) is 15.8. The Hall–Kier alpha value is -2.25. The maximum absolute atomic E-state index is 11.7. The fraction of sp³-hybridized carbons (Fsp3) is 0.400. The summed E-state index contributed by atoms with van der Waals surface area (Å²) in [5.41, 5.74) is 0.640. The van der Waals surface area contributed by atoms with Gasteiger partial charge in [-0.2, -0.15) is 0 Å². The SMILES string of the molecule is O=C(C=Cc1cccc([N+](=O)[O-])c1)NCC[NH+]1CCOCC1. The zero-order valence-corrected chi connectivity index (χ0v) is 12.3. The molecule has 0 atom stereocenters. The molecule has 2 rings (SSSR count). The summed E-state index contributed by atoms with van der Waals surface area (Å²) < 4.78 is 5.27. The molecule has 1 fully saturated rings. The summed E-state index contributed by atoms with van der Waals surface area (Å²) in [6, 6.07) is 6.16. The summed E-state index contributed by atoms with van der Waals surface area (Å²) in [7, 11) is 0. The highest BCUT2D eigenvalue weighted by Gasteiger charge is 2.12. The molecule has 0 spiro atoms. The highest BCUT2D eigenvalue weighted by Crippen LogP contribution is 2.13. The summed E-state index contributed by atoms with van der Waals surface area (Å²) in [6.45, 7) is 4.97. The second kappa shape index (κ2) is 8.26. The second-order valence-electron chi connectivity index (χ2n) is 5.09. The van der Waals surface area contributed by atoms with Crippen LogP contribution in [-0.4, -0.2) is 50.2 Å². The van der Waals surface area contributed by atoms with Crippen LogP contribution >= 0.6 is 0 Å². The van der Waals surface area contributed by atoms with Crippen LogP contribution in [0.5, 0.6) is 0 Å². The van der Waals surface area contributed by atoms with E-state index in [2.05, 4.69) is 5.32 Å². The van der Waals surface area contributed by atoms with E-state index in [4.69, 9.17) is 4.74 Å². The quantitative estimate of drug-likeness (QED) is 0.427. The van der Waals surface area contributed by atoms with Gasteiger partial charge in [0.15, 0.2) is 0 Å². The number of nitrogens with one attached hydrogen (secondary N) is 2. The smallest absolute Gasteiger partial charge is 0.270 e. The lowest BCUT2D eigenvalue weighted by atomic mass is 10.2. The molecule has 1 aromatic carbocycles. The zero-order chi connectivity index (χ0) is 15.8. The number of rotatable bonds is 6. The molecule has 1 aliphatic heterocycles. The molecule has 0 bridgehead atoms. The van der Waals surface area contributed by atoms with E-state index in [1.54, 1.807) is 18.2 Å². The average Bonchev–Trinajstić information content (AvgIpc) is 2.54. The third kappa shape index (κ3) is 5.27. The molecule has 1 aliphatic rings. The summed E-state index contributed by atoms with van der Waals surface area (Å²) in [5, 5.41) is 13.5. The molecule has 1 saturated heterocycles. The van der Waals surface area contributed by atoms with Crippen LogP contribution in [0.1, 0.15) is 5.56 Å². The van der Waals surface area contributed by atoms with Crippen molar-refractivity contribution < 1.29 is 19.4 Å². The number of nitro groups is 1. The van der Waals surface area contributed by atoms with E-state index < -0.39 is 4.92 Å². The van der Waals surface area contributed by atoms with E-state index >= 15 is 0 Å². The molecule has 0 radical (unpaired) electrons. The maximum Gasteiger partial charge on any atom is 0.270 e. The van der Waals surface area contributed by atoms with Crippen molar-refractivity contribution in [2.75, 3.05) is 39.4 Å². The summed E-state index contributed by atoms with van der Waals surface area (Å²) in [4.78, 5) is 23.4. The molecule has 0 aliphatic carbocycles. The predicted molar refractivity (Wildman–Crippen MR) is 81.5 cm³/mol. The number of carbonyl (C=O) groups is 1. The van der Waals surface area contributed by atoms with Crippen molar-refractivity contribution in [3.8, 4) is 0 Å². The Morgan fingerprint density at radius 3 is 2.91 bits per heavy atom. The molecule has 0 saturated carbocycles. The van der Waals surface area contributed by atoms with Crippen molar-refractivity contribution in [1.82, 2.24) is 5.32 Å². The number of nitrogens with zero attached hydrogens (tertiary/aromatic N) is 1. The van der Waals surface area contributed by atoms with Crippen LogP contribution in [-0.2, 0) is 9.53 Å². The number of ether oxygens (including phenoxy) is 1. The number of nitro benzene ring substituents is 1. The van der Waals surface area contributed by atoms with Gasteiger partial charge in [0.2, 0.25) is 5.91 Å². The highest BCUT2D eigenvalue weighted by atomic mass is 16.6. The third-order valence-corrected chi connectivity index (χ3v) is 3.49. The molecule has 1 amide bonds. The Morgan fingerprint density at radius 1 is 1.41 bits per heavy atom. The van der Waals surface area contributed by atoms with Crippen LogP contribution in [0.4, 0.5) is 5.69 Å². The van der Waals surface area contributed by atoms with Crippen molar-refractivity contribution in [2.45, 2.75) is 0 Å². The van der Waals surface area contributed by atoms with Gasteiger partial charge in [-0.3, -0.25) is 14.9 Å². The minimum Gasteiger partial charge on any atom is -0.370 e. The first-order valence-electron chi connectivity index (χ1n) is 7.27. The highest BCUT2D eigenvalue weighted by molar-refractivity contribution is 5.91. The Morgan fingerprint density at radius 2 is 2.18 bits per heavy atom. The molecule has 22 heavy (non-hydrogen) atoms. The number of hydrogen-bond donors (Lipinski definition) is 2. The minimum absolute atomic E-state index is 0.0125. The standard InChI is InChI=1S/C15H19N3O4/c19-15(16-6-7-17-8-10-22-11-9-17)5-4-13-2-1-3-14(12-13)18(20)21/h1-5,12H,6-11H2,(H,16,19)/p+1. The van der Waals surface area contributed by atoms with Crippen molar-refractivity contribution in [3.63, 3.8) is 0 Å². The first kappa shape index (κ1) is 16.1. The van der Waals surface area contributed by atoms with Gasteiger partial charge in [-0.1, -0.05) is 12.1 Å². The molecule has 2 N–H and O–H groups in total. The topological polar surface area (TPSA) is 85.9 Å². The van der Waals surface area contributed by atoms with Gasteiger partial charge in [0, 0.05) is 18.2 Å². The van der Waals surface area contributed by atoms with E-state index in [1.807, 2.05) is 0 Å². The molecular formula is C15H20N3O4+. The summed E-state index contributed by atoms with van der Waals surface area (Å²) >= 11 is 0. The fourth-order valence-corrected chi connectivity index (χ4v) is 2.25. The Labute approximate surface area is 128 Å². The monoisotopic (exact) mass is 306 g/mol. The number of hydrogen-bond acceptors (Lipinski definition) is 4. The van der Waals surface area contributed by atoms with E-state index in [0.717, 1.165) is 32.8 Å². The average molecular weight is 306 g/mol. The van der Waals surface area contributed by atoms with Crippen molar-refractivity contribution in [1.29, 1.82) is 0 Å². The molecule has 7 nitrogen and oxygen atoms in total. The summed E-state index contributed by atoms with van der Waals surface area (Å²) in [6.07, 6.45) is 2.97. The van der Waals surface area contributed by atoms with Crippen LogP contribution in [0.3, 0.4) is 0 Å². The van der Waals surface area contributed by atoms with Crippen LogP contribution in [0.25, 0.3) is 6.08 Å². The number of quaternary nitrogens is 1. The number of non-ortho nitro benzene ring substituents is 1. The lowest BCUT2D eigenvalue weighted by Gasteiger charge is -2.23. The van der Waals surface area contributed by atoms with Gasteiger partial charge >= 0.3 is 0 Å². The van der Waals surface area contributed by atoms with Crippen LogP contribution < -0.4 is 10.2 Å². The predicted octanol–water partition coefficient (Wildman–Crippen LogP) is -0.361. The second-order valence-corrected chi connectivity index (χ2v) is 5.09. The first-order chi connectivity index (χ1) is 10.6. The number of benzene rings is 1. The van der Waals surface area contributed by atoms with E-state index in [-0.39, 0.29) is 11.6 Å². The fourth-order valence-electron chi connectivity index (χ4n) is 2.25. The molecule has 0 aromatic heterocycles. The Balaban J connectivity index is 1.76. The minimum atomic E-state index is -0.456. The van der Waals surface area contributed by atoms with Crippen LogP contribution in [0.2, 0.25) is 0 Å². The molecule has 1 aromatic rings. The third-order valence-electron chi connectivity index (χ3n) is 3.49. The van der Waals surface area contributed by atoms with Crippen LogP contribution in [0.15, 0.2) is 30.3 Å². The number of amides is 1. The van der Waals surface area contributed by atoms with E-state index in [1.165, 1.54) is 23.1 Å². The molecule has 118 valence electrons. The molecule has 1 heterocycles. The van der Waals surface area contributed by atoms with Gasteiger partial charge in [0.1, 0.15) is 13.1 Å². The zero-order valence-electron chi connectivity index (χ0n) is 12.3. The van der Waals surface area contributed by atoms with Crippen LogP contribution in [0, 0.1) is 10.1 Å². The van der Waals surface area contributed by atoms with Gasteiger partial charge in [0.05, 0.1) is 31.2 Å². The van der Waals surface area contributed by atoms with Crippen molar-refractivity contribution in [2.24, 2.45) is 0 Å². The Kier molecular flexibility index (Phi) is 6.05. The maximum atomic E-state index is 11.7. The van der Waals surface area contributed by atoms with Gasteiger partial charge in [-0.25, -0.2) is 0 Å². The van der Waals surface area contributed by atoms with Gasteiger partial charge in [0.25, 0.3) is 5.69 Å². The van der Waals surface area contributed by atoms with E-state index in [0.29, 0.717) is 12.1 Å². The first-order valence-corrected chi connectivity index (χ1v) is 7.27. The molecule has 7 heteroatoms. The molecule has 0 unspecified atom stereocenters.